The first-order valence-electron chi connectivity index (χ1n) is 5.93. The minimum Gasteiger partial charge on any atom is -0.289 e. The second kappa shape index (κ2) is 6.45. The zero-order valence-electron chi connectivity index (χ0n) is 9.51. The van der Waals surface area contributed by atoms with E-state index in [4.69, 9.17) is 0 Å². The molecule has 1 aromatic rings. The number of hydrogen-bond acceptors (Lipinski definition) is 1. The first kappa shape index (κ1) is 13.7. The van der Waals surface area contributed by atoms with Gasteiger partial charge in [-0.05, 0) is 71.1 Å². The Morgan fingerprint density at radius 1 is 1.12 bits per heavy atom. The fraction of sp³-hybridized carbons (Fsp3) is 0.462. The lowest BCUT2D eigenvalue weighted by Gasteiger charge is -2.21. The molecule has 1 fully saturated rings. The van der Waals surface area contributed by atoms with Gasteiger partial charge in [0.05, 0.1) is 5.56 Å². The quantitative estimate of drug-likeness (QED) is 0.647. The summed E-state index contributed by atoms with van der Waals surface area (Å²) in [5.41, 5.74) is 1.72. The van der Waals surface area contributed by atoms with E-state index in [9.17, 15) is 4.79 Å². The molecule has 0 heterocycles. The molecule has 92 valence electrons. The molecule has 0 amide bonds. The van der Waals surface area contributed by atoms with Crippen LogP contribution in [0, 0.1) is 0 Å². The SMILES string of the molecule is O=C(PC1CCCCC1)c1c(Br)cccc1Br. The average molecular weight is 378 g/mol. The molecule has 0 saturated heterocycles. The van der Waals surface area contributed by atoms with Crippen molar-refractivity contribution in [1.82, 2.24) is 0 Å². The highest BCUT2D eigenvalue weighted by atomic mass is 79.9. The second-order valence-electron chi connectivity index (χ2n) is 4.41. The van der Waals surface area contributed by atoms with Gasteiger partial charge in [-0.3, -0.25) is 4.79 Å². The summed E-state index contributed by atoms with van der Waals surface area (Å²) in [7, 11) is 0.427. The third-order valence-corrected chi connectivity index (χ3v) is 5.95. The number of benzene rings is 1. The van der Waals surface area contributed by atoms with Gasteiger partial charge >= 0.3 is 0 Å². The van der Waals surface area contributed by atoms with Crippen molar-refractivity contribution < 1.29 is 4.79 Å². The topological polar surface area (TPSA) is 17.1 Å². The molecule has 1 aliphatic rings. The smallest absolute Gasteiger partial charge is 0.183 e. The Morgan fingerprint density at radius 2 is 1.71 bits per heavy atom. The number of halogens is 2. The van der Waals surface area contributed by atoms with Crippen LogP contribution in [0.1, 0.15) is 42.5 Å². The molecule has 1 unspecified atom stereocenters. The summed E-state index contributed by atoms with van der Waals surface area (Å²) >= 11 is 6.93. The first-order valence-corrected chi connectivity index (χ1v) is 8.59. The maximum atomic E-state index is 12.3. The van der Waals surface area contributed by atoms with E-state index in [0.29, 0.717) is 14.2 Å². The molecule has 0 aliphatic heterocycles. The fourth-order valence-corrected chi connectivity index (χ4v) is 5.43. The summed E-state index contributed by atoms with van der Waals surface area (Å²) in [5.74, 6) is 0. The number of carbonyl (C=O) groups is 1. The van der Waals surface area contributed by atoms with Gasteiger partial charge in [-0.15, -0.1) is 0 Å². The van der Waals surface area contributed by atoms with Crippen LogP contribution in [-0.2, 0) is 0 Å². The lowest BCUT2D eigenvalue weighted by Crippen LogP contribution is -2.09. The molecule has 1 saturated carbocycles. The van der Waals surface area contributed by atoms with Gasteiger partial charge in [-0.1, -0.05) is 25.3 Å². The molecule has 17 heavy (non-hydrogen) atoms. The molecule has 0 spiro atoms. The van der Waals surface area contributed by atoms with Gasteiger partial charge < -0.3 is 0 Å². The molecule has 0 bridgehead atoms. The molecule has 1 aliphatic carbocycles. The maximum Gasteiger partial charge on any atom is 0.183 e. The van der Waals surface area contributed by atoms with E-state index >= 15 is 0 Å². The van der Waals surface area contributed by atoms with Crippen molar-refractivity contribution in [1.29, 1.82) is 0 Å². The summed E-state index contributed by atoms with van der Waals surface area (Å²) < 4.78 is 1.81. The third kappa shape index (κ3) is 3.62. The monoisotopic (exact) mass is 376 g/mol. The molecule has 0 radical (unpaired) electrons. The Hall–Kier alpha value is 0.280. The largest absolute Gasteiger partial charge is 0.289 e. The van der Waals surface area contributed by atoms with E-state index in [1.165, 1.54) is 32.1 Å². The Kier molecular flexibility index (Phi) is 5.20. The summed E-state index contributed by atoms with van der Waals surface area (Å²) in [6, 6.07) is 5.81. The zero-order valence-corrected chi connectivity index (χ0v) is 13.7. The van der Waals surface area contributed by atoms with Crippen LogP contribution in [0.2, 0.25) is 0 Å². The van der Waals surface area contributed by atoms with Crippen LogP contribution in [0.4, 0.5) is 0 Å². The second-order valence-corrected chi connectivity index (χ2v) is 7.67. The van der Waals surface area contributed by atoms with E-state index in [1.54, 1.807) is 0 Å². The van der Waals surface area contributed by atoms with Crippen molar-refractivity contribution in [3.05, 3.63) is 32.7 Å². The molecule has 1 atom stereocenters. The van der Waals surface area contributed by atoms with Crippen LogP contribution in [0.5, 0.6) is 0 Å². The van der Waals surface area contributed by atoms with E-state index in [1.807, 2.05) is 18.2 Å². The van der Waals surface area contributed by atoms with Crippen molar-refractivity contribution in [2.45, 2.75) is 37.8 Å². The predicted octanol–water partition coefficient (Wildman–Crippen LogP) is 5.36. The lowest BCUT2D eigenvalue weighted by molar-refractivity contribution is 0.108. The van der Waals surface area contributed by atoms with Crippen molar-refractivity contribution in [3.8, 4) is 0 Å². The molecule has 0 aromatic heterocycles. The van der Waals surface area contributed by atoms with Gasteiger partial charge in [-0.2, -0.15) is 0 Å². The van der Waals surface area contributed by atoms with Crippen LogP contribution in [0.3, 0.4) is 0 Å². The fourth-order valence-electron chi connectivity index (χ4n) is 2.22. The Morgan fingerprint density at radius 3 is 2.29 bits per heavy atom. The van der Waals surface area contributed by atoms with Crippen molar-refractivity contribution >= 4 is 46.0 Å². The summed E-state index contributed by atoms with van der Waals surface area (Å²) in [4.78, 5) is 12.3. The number of rotatable bonds is 3. The normalized spacial score (nSPS) is 17.8. The molecular weight excluding hydrogens is 363 g/mol. The standard InChI is InChI=1S/C13H15Br2OP/c14-10-7-4-8-11(15)12(10)13(16)17-9-5-2-1-3-6-9/h4,7-9,17H,1-3,5-6H2. The van der Waals surface area contributed by atoms with Crippen LogP contribution in [-0.4, -0.2) is 11.2 Å². The molecule has 0 N–H and O–H groups in total. The highest BCUT2D eigenvalue weighted by molar-refractivity contribution is 9.11. The Labute approximate surface area is 121 Å². The Balaban J connectivity index is 2.08. The number of hydrogen-bond donors (Lipinski definition) is 0. The minimum absolute atomic E-state index is 0.288. The minimum atomic E-state index is 0.288. The van der Waals surface area contributed by atoms with Crippen LogP contribution >= 0.6 is 40.4 Å². The van der Waals surface area contributed by atoms with E-state index in [0.717, 1.165) is 14.5 Å². The molecule has 1 aromatic carbocycles. The Bertz CT molecular complexity index is 394. The van der Waals surface area contributed by atoms with Crippen molar-refractivity contribution in [2.24, 2.45) is 0 Å². The summed E-state index contributed by atoms with van der Waals surface area (Å²) in [6.45, 7) is 0. The van der Waals surface area contributed by atoms with Gasteiger partial charge in [0.1, 0.15) is 0 Å². The highest BCUT2D eigenvalue weighted by Gasteiger charge is 2.20. The van der Waals surface area contributed by atoms with Gasteiger partial charge in [0, 0.05) is 8.95 Å². The third-order valence-electron chi connectivity index (χ3n) is 3.13. The first-order chi connectivity index (χ1) is 8.18. The highest BCUT2D eigenvalue weighted by Crippen LogP contribution is 2.38. The van der Waals surface area contributed by atoms with Gasteiger partial charge in [-0.25, -0.2) is 0 Å². The van der Waals surface area contributed by atoms with Crippen LogP contribution in [0.25, 0.3) is 0 Å². The van der Waals surface area contributed by atoms with Crippen molar-refractivity contribution in [2.75, 3.05) is 0 Å². The van der Waals surface area contributed by atoms with E-state index in [-0.39, 0.29) is 5.52 Å². The van der Waals surface area contributed by atoms with E-state index in [2.05, 4.69) is 31.9 Å². The summed E-state index contributed by atoms with van der Waals surface area (Å²) in [6.07, 6.45) is 6.39. The number of carbonyl (C=O) groups excluding carboxylic acids is 1. The molecule has 1 nitrogen and oxygen atoms in total. The van der Waals surface area contributed by atoms with Gasteiger partial charge in [0.15, 0.2) is 5.52 Å². The molecular formula is C13H15Br2OP. The van der Waals surface area contributed by atoms with Crippen LogP contribution < -0.4 is 0 Å². The van der Waals surface area contributed by atoms with Gasteiger partial charge in [0.2, 0.25) is 0 Å². The predicted molar refractivity (Wildman–Crippen MR) is 81.4 cm³/mol. The van der Waals surface area contributed by atoms with Crippen LogP contribution in [0.15, 0.2) is 27.1 Å². The summed E-state index contributed by atoms with van der Waals surface area (Å²) in [5, 5.41) is 0. The molecule has 4 heteroatoms. The van der Waals surface area contributed by atoms with Crippen molar-refractivity contribution in [3.63, 3.8) is 0 Å². The molecule has 2 rings (SSSR count). The van der Waals surface area contributed by atoms with Gasteiger partial charge in [0.25, 0.3) is 0 Å². The van der Waals surface area contributed by atoms with E-state index < -0.39 is 0 Å². The zero-order chi connectivity index (χ0) is 12.3. The average Bonchev–Trinajstić information content (AvgIpc) is 2.30. The maximum absolute atomic E-state index is 12.3. The lowest BCUT2D eigenvalue weighted by atomic mass is 10.0.